The molecule has 3 aromatic rings. The van der Waals surface area contributed by atoms with Crippen LogP contribution >= 0.6 is 23.2 Å². The van der Waals surface area contributed by atoms with Gasteiger partial charge in [0.2, 0.25) is 11.7 Å². The molecule has 0 spiro atoms. The zero-order valence-electron chi connectivity index (χ0n) is 14.1. The van der Waals surface area contributed by atoms with Crippen LogP contribution in [-0.4, -0.2) is 26.1 Å². The molecule has 8 heteroatoms. The highest BCUT2D eigenvalue weighted by Crippen LogP contribution is 2.19. The molecular formula is C18H17Cl2N5O. The van der Waals surface area contributed by atoms with Gasteiger partial charge in [-0.1, -0.05) is 48.3 Å². The molecule has 0 unspecified atom stereocenters. The average molecular weight is 390 g/mol. The molecule has 0 radical (unpaired) electrons. The maximum Gasteiger partial charge on any atom is 0.247 e. The van der Waals surface area contributed by atoms with Crippen molar-refractivity contribution in [1.82, 2.24) is 25.5 Å². The van der Waals surface area contributed by atoms with E-state index >= 15 is 0 Å². The molecule has 1 heterocycles. The molecule has 26 heavy (non-hydrogen) atoms. The van der Waals surface area contributed by atoms with E-state index in [4.69, 9.17) is 23.2 Å². The van der Waals surface area contributed by atoms with E-state index in [1.807, 2.05) is 37.3 Å². The predicted molar refractivity (Wildman–Crippen MR) is 101 cm³/mol. The lowest BCUT2D eigenvalue weighted by molar-refractivity contribution is -0.125. The van der Waals surface area contributed by atoms with Crippen LogP contribution in [0.25, 0.3) is 11.4 Å². The first-order valence-electron chi connectivity index (χ1n) is 8.15. The maximum absolute atomic E-state index is 12.5. The summed E-state index contributed by atoms with van der Waals surface area (Å²) in [6, 6.07) is 14.0. The second-order valence-electron chi connectivity index (χ2n) is 5.67. The van der Waals surface area contributed by atoms with Gasteiger partial charge in [-0.3, -0.25) is 4.79 Å². The number of hydrogen-bond acceptors (Lipinski definition) is 4. The topological polar surface area (TPSA) is 72.7 Å². The van der Waals surface area contributed by atoms with Crippen LogP contribution in [0, 0.1) is 0 Å². The van der Waals surface area contributed by atoms with E-state index in [9.17, 15) is 4.79 Å². The zero-order chi connectivity index (χ0) is 18.5. The second-order valence-corrected chi connectivity index (χ2v) is 6.52. The first-order chi connectivity index (χ1) is 12.6. The van der Waals surface area contributed by atoms with Crippen LogP contribution in [-0.2, 0) is 11.3 Å². The second kappa shape index (κ2) is 8.29. The SMILES string of the molecule is CC[C@H](C(=O)NCc1ccccc1Cl)n1nnc(-c2ccc(Cl)cc2)n1. The summed E-state index contributed by atoms with van der Waals surface area (Å²) in [5.74, 6) is 0.256. The van der Waals surface area contributed by atoms with E-state index in [1.54, 1.807) is 18.2 Å². The Kier molecular flexibility index (Phi) is 5.85. The molecule has 0 saturated carbocycles. The normalized spacial score (nSPS) is 12.0. The van der Waals surface area contributed by atoms with E-state index in [-0.39, 0.29) is 5.91 Å². The van der Waals surface area contributed by atoms with E-state index in [0.717, 1.165) is 11.1 Å². The predicted octanol–water partition coefficient (Wildman–Crippen LogP) is 3.91. The number of carbonyl (C=O) groups excluding carboxylic acids is 1. The lowest BCUT2D eigenvalue weighted by Gasteiger charge is -2.14. The first kappa shape index (κ1) is 18.4. The molecule has 2 aromatic carbocycles. The standard InChI is InChI=1S/C18H17Cl2N5O/c1-2-16(18(26)21-11-13-5-3-4-6-15(13)20)25-23-17(22-24-25)12-7-9-14(19)10-8-12/h3-10,16H,2,11H2,1H3,(H,21,26)/t16-/m1/s1. The average Bonchev–Trinajstić information content (AvgIpc) is 3.12. The highest BCUT2D eigenvalue weighted by atomic mass is 35.5. The van der Waals surface area contributed by atoms with Crippen molar-refractivity contribution in [2.45, 2.75) is 25.9 Å². The van der Waals surface area contributed by atoms with Gasteiger partial charge in [-0.15, -0.1) is 10.2 Å². The number of tetrazole rings is 1. The molecular weight excluding hydrogens is 373 g/mol. The van der Waals surface area contributed by atoms with E-state index in [0.29, 0.717) is 28.8 Å². The number of halogens is 2. The van der Waals surface area contributed by atoms with Gasteiger partial charge in [-0.05, 0) is 47.5 Å². The van der Waals surface area contributed by atoms with Crippen molar-refractivity contribution < 1.29 is 4.79 Å². The van der Waals surface area contributed by atoms with Crippen LogP contribution < -0.4 is 5.32 Å². The number of hydrogen-bond donors (Lipinski definition) is 1. The van der Waals surface area contributed by atoms with Crippen LogP contribution in [0.4, 0.5) is 0 Å². The molecule has 134 valence electrons. The maximum atomic E-state index is 12.5. The monoisotopic (exact) mass is 389 g/mol. The molecule has 1 atom stereocenters. The molecule has 6 nitrogen and oxygen atoms in total. The Morgan fingerprint density at radius 3 is 2.58 bits per heavy atom. The lowest BCUT2D eigenvalue weighted by atomic mass is 10.2. The Morgan fingerprint density at radius 1 is 1.15 bits per heavy atom. The van der Waals surface area contributed by atoms with Gasteiger partial charge in [-0.25, -0.2) is 0 Å². The molecule has 0 aliphatic carbocycles. The molecule has 0 aliphatic rings. The van der Waals surface area contributed by atoms with Gasteiger partial charge < -0.3 is 5.32 Å². The smallest absolute Gasteiger partial charge is 0.247 e. The third-order valence-corrected chi connectivity index (χ3v) is 4.53. The van der Waals surface area contributed by atoms with Gasteiger partial charge in [0, 0.05) is 22.2 Å². The summed E-state index contributed by atoms with van der Waals surface area (Å²) in [6.45, 7) is 2.23. The summed E-state index contributed by atoms with van der Waals surface area (Å²) in [6.07, 6.45) is 0.533. The van der Waals surface area contributed by atoms with Crippen LogP contribution in [0.3, 0.4) is 0 Å². The van der Waals surface area contributed by atoms with E-state index in [2.05, 4.69) is 20.7 Å². The Balaban J connectivity index is 1.71. The highest BCUT2D eigenvalue weighted by Gasteiger charge is 2.22. The summed E-state index contributed by atoms with van der Waals surface area (Å²) in [4.78, 5) is 13.9. The molecule has 1 amide bonds. The van der Waals surface area contributed by atoms with Gasteiger partial charge in [0.25, 0.3) is 0 Å². The third-order valence-electron chi connectivity index (χ3n) is 3.91. The quantitative estimate of drug-likeness (QED) is 0.693. The molecule has 0 saturated heterocycles. The lowest BCUT2D eigenvalue weighted by Crippen LogP contribution is -2.33. The van der Waals surface area contributed by atoms with Crippen molar-refractivity contribution in [3.8, 4) is 11.4 Å². The van der Waals surface area contributed by atoms with Gasteiger partial charge in [0.1, 0.15) is 0 Å². The summed E-state index contributed by atoms with van der Waals surface area (Å²) in [7, 11) is 0. The van der Waals surface area contributed by atoms with Crippen molar-refractivity contribution in [1.29, 1.82) is 0 Å². The number of benzene rings is 2. The van der Waals surface area contributed by atoms with Crippen LogP contribution in [0.1, 0.15) is 24.9 Å². The number of rotatable bonds is 6. The third kappa shape index (κ3) is 4.20. The molecule has 0 bridgehead atoms. The Hall–Kier alpha value is -2.44. The molecule has 0 fully saturated rings. The van der Waals surface area contributed by atoms with Gasteiger partial charge in [0.05, 0.1) is 0 Å². The summed E-state index contributed by atoms with van der Waals surface area (Å²) in [5.41, 5.74) is 1.64. The van der Waals surface area contributed by atoms with Crippen LogP contribution in [0.2, 0.25) is 10.0 Å². The number of carbonyl (C=O) groups is 1. The number of amides is 1. The fourth-order valence-corrected chi connectivity index (χ4v) is 2.80. The van der Waals surface area contributed by atoms with Crippen LogP contribution in [0.15, 0.2) is 48.5 Å². The molecule has 3 rings (SSSR count). The summed E-state index contributed by atoms with van der Waals surface area (Å²) in [5, 5.41) is 16.5. The van der Waals surface area contributed by atoms with Crippen molar-refractivity contribution in [3.05, 3.63) is 64.1 Å². The minimum absolute atomic E-state index is 0.188. The van der Waals surface area contributed by atoms with Crippen molar-refractivity contribution in [2.24, 2.45) is 0 Å². The minimum atomic E-state index is -0.550. The first-order valence-corrected chi connectivity index (χ1v) is 8.90. The summed E-state index contributed by atoms with van der Waals surface area (Å²) < 4.78 is 0. The zero-order valence-corrected chi connectivity index (χ0v) is 15.6. The largest absolute Gasteiger partial charge is 0.350 e. The molecule has 1 aromatic heterocycles. The minimum Gasteiger partial charge on any atom is -0.350 e. The van der Waals surface area contributed by atoms with Crippen LogP contribution in [0.5, 0.6) is 0 Å². The fourth-order valence-electron chi connectivity index (χ4n) is 2.47. The Labute approximate surface area is 161 Å². The molecule has 1 N–H and O–H groups in total. The van der Waals surface area contributed by atoms with Crippen molar-refractivity contribution in [3.63, 3.8) is 0 Å². The van der Waals surface area contributed by atoms with Gasteiger partial charge >= 0.3 is 0 Å². The van der Waals surface area contributed by atoms with E-state index in [1.165, 1.54) is 4.80 Å². The van der Waals surface area contributed by atoms with Crippen molar-refractivity contribution >= 4 is 29.1 Å². The van der Waals surface area contributed by atoms with E-state index < -0.39 is 6.04 Å². The van der Waals surface area contributed by atoms with Crippen molar-refractivity contribution in [2.75, 3.05) is 0 Å². The number of nitrogens with one attached hydrogen (secondary N) is 1. The highest BCUT2D eigenvalue weighted by molar-refractivity contribution is 6.31. The van der Waals surface area contributed by atoms with Gasteiger partial charge in [0.15, 0.2) is 6.04 Å². The van der Waals surface area contributed by atoms with Gasteiger partial charge in [-0.2, -0.15) is 4.80 Å². The number of aromatic nitrogens is 4. The number of nitrogens with zero attached hydrogens (tertiary/aromatic N) is 4. The Bertz CT molecular complexity index is 895. The summed E-state index contributed by atoms with van der Waals surface area (Å²) >= 11 is 12.0. The fraction of sp³-hybridized carbons (Fsp3) is 0.222. The molecule has 0 aliphatic heterocycles. The Morgan fingerprint density at radius 2 is 1.88 bits per heavy atom.